The van der Waals surface area contributed by atoms with Crippen LogP contribution in [0.5, 0.6) is 0 Å². The zero-order chi connectivity index (χ0) is 23.1. The second-order valence-electron chi connectivity index (χ2n) is 8.31. The number of sulfonamides is 1. The van der Waals surface area contributed by atoms with Gasteiger partial charge in [0.1, 0.15) is 0 Å². The molecule has 0 bridgehead atoms. The summed E-state index contributed by atoms with van der Waals surface area (Å²) in [5.74, 6) is -0.569. The molecule has 0 aliphatic carbocycles. The third-order valence-electron chi connectivity index (χ3n) is 6.05. The van der Waals surface area contributed by atoms with Crippen molar-refractivity contribution >= 4 is 43.1 Å². The molecule has 1 unspecified atom stereocenters. The molecule has 172 valence electrons. The van der Waals surface area contributed by atoms with Gasteiger partial charge in [-0.15, -0.1) is 0 Å². The lowest BCUT2D eigenvalue weighted by atomic mass is 9.95. The summed E-state index contributed by atoms with van der Waals surface area (Å²) in [7, 11) is -7.05. The normalized spacial score (nSPS) is 20.1. The SMILES string of the molecule is CS(=O)(=O)c1ccc2c(c1)CCCN2C(=O)C1CCCN(S(=O)(=O)c2ccc(Cl)cc2)C1. The molecule has 0 aromatic heterocycles. The molecule has 1 amide bonds. The number of rotatable bonds is 4. The lowest BCUT2D eigenvalue weighted by Gasteiger charge is -2.36. The van der Waals surface area contributed by atoms with Crippen LogP contribution in [0.3, 0.4) is 0 Å². The molecule has 7 nitrogen and oxygen atoms in total. The smallest absolute Gasteiger partial charge is 0.243 e. The van der Waals surface area contributed by atoms with Crippen LogP contribution < -0.4 is 4.90 Å². The average molecular weight is 497 g/mol. The molecule has 2 aliphatic rings. The molecule has 2 aromatic carbocycles. The molecule has 2 aliphatic heterocycles. The Morgan fingerprint density at radius 3 is 2.34 bits per heavy atom. The Hall–Kier alpha value is -1.94. The summed E-state index contributed by atoms with van der Waals surface area (Å²) in [5.41, 5.74) is 1.54. The van der Waals surface area contributed by atoms with Gasteiger partial charge in [0.2, 0.25) is 15.9 Å². The largest absolute Gasteiger partial charge is 0.312 e. The van der Waals surface area contributed by atoms with E-state index >= 15 is 0 Å². The molecule has 10 heteroatoms. The molecule has 1 fully saturated rings. The standard InChI is InChI=1S/C22H25ClN2O5S2/c1-31(27,28)20-10-11-21-16(14-20)4-3-13-25(21)22(26)17-5-2-12-24(15-17)32(29,30)19-8-6-18(23)7-9-19/h6-11,14,17H,2-5,12-13,15H2,1H3. The van der Waals surface area contributed by atoms with Gasteiger partial charge in [-0.25, -0.2) is 16.8 Å². The van der Waals surface area contributed by atoms with E-state index in [9.17, 15) is 21.6 Å². The fourth-order valence-corrected chi connectivity index (χ4v) is 6.69. The summed E-state index contributed by atoms with van der Waals surface area (Å²) in [6.07, 6.45) is 3.80. The molecule has 0 spiro atoms. The van der Waals surface area contributed by atoms with E-state index in [0.717, 1.165) is 18.2 Å². The number of sulfone groups is 1. The van der Waals surface area contributed by atoms with Gasteiger partial charge in [-0.2, -0.15) is 4.31 Å². The first kappa shape index (κ1) is 23.2. The molecular formula is C22H25ClN2O5S2. The van der Waals surface area contributed by atoms with E-state index in [-0.39, 0.29) is 22.2 Å². The van der Waals surface area contributed by atoms with Crippen molar-refractivity contribution in [3.8, 4) is 0 Å². The number of hydrogen-bond acceptors (Lipinski definition) is 5. The zero-order valence-corrected chi connectivity index (χ0v) is 20.1. The molecule has 1 saturated heterocycles. The highest BCUT2D eigenvalue weighted by atomic mass is 35.5. The number of hydrogen-bond donors (Lipinski definition) is 0. The van der Waals surface area contributed by atoms with E-state index in [4.69, 9.17) is 11.6 Å². The van der Waals surface area contributed by atoms with Gasteiger partial charge >= 0.3 is 0 Å². The molecule has 2 aromatic rings. The Labute approximate surface area is 193 Å². The van der Waals surface area contributed by atoms with Crippen LogP contribution in [0.1, 0.15) is 24.8 Å². The van der Waals surface area contributed by atoms with E-state index in [1.165, 1.54) is 34.6 Å². The third-order valence-corrected chi connectivity index (χ3v) is 9.29. The minimum absolute atomic E-state index is 0.117. The minimum atomic E-state index is -3.72. The lowest BCUT2D eigenvalue weighted by Crippen LogP contribution is -2.48. The van der Waals surface area contributed by atoms with E-state index in [2.05, 4.69) is 0 Å². The summed E-state index contributed by atoms with van der Waals surface area (Å²) in [4.78, 5) is 15.5. The number of piperidine rings is 1. The van der Waals surface area contributed by atoms with Crippen LogP contribution in [0, 0.1) is 5.92 Å². The lowest BCUT2D eigenvalue weighted by molar-refractivity contribution is -0.123. The quantitative estimate of drug-likeness (QED) is 0.648. The number of benzene rings is 2. The molecule has 0 saturated carbocycles. The zero-order valence-electron chi connectivity index (χ0n) is 17.7. The maximum absolute atomic E-state index is 13.4. The number of anilines is 1. The van der Waals surface area contributed by atoms with Crippen molar-refractivity contribution in [2.75, 3.05) is 30.8 Å². The number of carbonyl (C=O) groups is 1. The predicted octanol–water partition coefficient (Wildman–Crippen LogP) is 3.12. The first-order chi connectivity index (χ1) is 15.1. The number of amides is 1. The van der Waals surface area contributed by atoms with Crippen LogP contribution in [-0.2, 0) is 31.1 Å². The summed E-state index contributed by atoms with van der Waals surface area (Å²) < 4.78 is 51.3. The van der Waals surface area contributed by atoms with Crippen molar-refractivity contribution in [3.63, 3.8) is 0 Å². The Morgan fingerprint density at radius 1 is 0.969 bits per heavy atom. The van der Waals surface area contributed by atoms with E-state index in [1.807, 2.05) is 0 Å². The van der Waals surface area contributed by atoms with E-state index < -0.39 is 25.8 Å². The first-order valence-corrected chi connectivity index (χ1v) is 14.2. The van der Waals surface area contributed by atoms with Crippen molar-refractivity contribution in [1.29, 1.82) is 0 Å². The average Bonchev–Trinajstić information content (AvgIpc) is 2.77. The first-order valence-electron chi connectivity index (χ1n) is 10.5. The highest BCUT2D eigenvalue weighted by Crippen LogP contribution is 2.33. The maximum Gasteiger partial charge on any atom is 0.243 e. The maximum atomic E-state index is 13.4. The number of aryl methyl sites for hydroxylation is 1. The summed E-state index contributed by atoms with van der Waals surface area (Å²) in [6, 6.07) is 10.9. The van der Waals surface area contributed by atoms with Crippen LogP contribution in [0.4, 0.5) is 5.69 Å². The Balaban J connectivity index is 1.56. The van der Waals surface area contributed by atoms with Crippen LogP contribution in [0.15, 0.2) is 52.3 Å². The minimum Gasteiger partial charge on any atom is -0.312 e. The Bertz CT molecular complexity index is 1240. The topological polar surface area (TPSA) is 91.8 Å². The van der Waals surface area contributed by atoms with Crippen LogP contribution in [-0.4, -0.2) is 52.9 Å². The van der Waals surface area contributed by atoms with Crippen molar-refractivity contribution in [2.45, 2.75) is 35.5 Å². The molecular weight excluding hydrogens is 472 g/mol. The number of fused-ring (bicyclic) bond motifs is 1. The second kappa shape index (κ2) is 8.78. The van der Waals surface area contributed by atoms with Gasteiger partial charge in [0.25, 0.3) is 0 Å². The molecule has 32 heavy (non-hydrogen) atoms. The van der Waals surface area contributed by atoms with Crippen molar-refractivity contribution in [1.82, 2.24) is 4.31 Å². The highest BCUT2D eigenvalue weighted by Gasteiger charge is 2.36. The fraction of sp³-hybridized carbons (Fsp3) is 0.409. The van der Waals surface area contributed by atoms with Crippen LogP contribution >= 0.6 is 11.6 Å². The summed E-state index contributed by atoms with van der Waals surface area (Å²) in [5, 5.41) is 0.457. The molecule has 4 rings (SSSR count). The van der Waals surface area contributed by atoms with Gasteiger partial charge in [0.15, 0.2) is 9.84 Å². The third kappa shape index (κ3) is 4.57. The van der Waals surface area contributed by atoms with Gasteiger partial charge in [0, 0.05) is 36.6 Å². The molecule has 2 heterocycles. The van der Waals surface area contributed by atoms with E-state index in [1.54, 1.807) is 17.0 Å². The summed E-state index contributed by atoms with van der Waals surface area (Å²) >= 11 is 5.88. The van der Waals surface area contributed by atoms with Gasteiger partial charge < -0.3 is 4.90 Å². The van der Waals surface area contributed by atoms with Gasteiger partial charge in [0.05, 0.1) is 15.7 Å². The molecule has 0 radical (unpaired) electrons. The van der Waals surface area contributed by atoms with Crippen LogP contribution in [0.2, 0.25) is 5.02 Å². The van der Waals surface area contributed by atoms with Crippen molar-refractivity contribution < 1.29 is 21.6 Å². The predicted molar refractivity (Wildman–Crippen MR) is 123 cm³/mol. The van der Waals surface area contributed by atoms with Crippen molar-refractivity contribution in [2.24, 2.45) is 5.92 Å². The Kier molecular flexibility index (Phi) is 6.37. The van der Waals surface area contributed by atoms with Gasteiger partial charge in [-0.3, -0.25) is 4.79 Å². The van der Waals surface area contributed by atoms with Crippen LogP contribution in [0.25, 0.3) is 0 Å². The monoisotopic (exact) mass is 496 g/mol. The molecule has 0 N–H and O–H groups in total. The highest BCUT2D eigenvalue weighted by molar-refractivity contribution is 7.90. The van der Waals surface area contributed by atoms with Crippen molar-refractivity contribution in [3.05, 3.63) is 53.1 Å². The van der Waals surface area contributed by atoms with Gasteiger partial charge in [-0.05, 0) is 73.7 Å². The number of nitrogens with zero attached hydrogens (tertiary/aromatic N) is 2. The Morgan fingerprint density at radius 2 is 1.66 bits per heavy atom. The second-order valence-corrected chi connectivity index (χ2v) is 12.7. The van der Waals surface area contributed by atoms with E-state index in [0.29, 0.717) is 43.1 Å². The summed E-state index contributed by atoms with van der Waals surface area (Å²) in [6.45, 7) is 1.02. The fourth-order valence-electron chi connectivity index (χ4n) is 4.37. The number of halogens is 1. The van der Waals surface area contributed by atoms with Gasteiger partial charge in [-0.1, -0.05) is 11.6 Å². The number of carbonyl (C=O) groups excluding carboxylic acids is 1. The molecule has 1 atom stereocenters.